The molecule has 0 radical (unpaired) electrons. The Morgan fingerprint density at radius 1 is 1.56 bits per heavy atom. The lowest BCUT2D eigenvalue weighted by Gasteiger charge is -2.25. The molecule has 102 valence electrons. The van der Waals surface area contributed by atoms with Gasteiger partial charge in [-0.15, -0.1) is 0 Å². The maximum atomic E-state index is 11.7. The van der Waals surface area contributed by atoms with Gasteiger partial charge in [0.1, 0.15) is 0 Å². The van der Waals surface area contributed by atoms with Gasteiger partial charge < -0.3 is 9.88 Å². The van der Waals surface area contributed by atoms with Crippen molar-refractivity contribution in [1.29, 1.82) is 0 Å². The lowest BCUT2D eigenvalue weighted by Crippen LogP contribution is -2.29. The molecule has 0 saturated carbocycles. The van der Waals surface area contributed by atoms with E-state index >= 15 is 0 Å². The first-order valence-corrected chi connectivity index (χ1v) is 8.36. The first-order valence-electron chi connectivity index (χ1n) is 6.54. The van der Waals surface area contributed by atoms with Crippen molar-refractivity contribution < 1.29 is 8.42 Å². The molecule has 1 N–H and O–H groups in total. The van der Waals surface area contributed by atoms with E-state index < -0.39 is 9.84 Å². The molecule has 1 aromatic rings. The van der Waals surface area contributed by atoms with Gasteiger partial charge in [0.15, 0.2) is 9.84 Å². The summed E-state index contributed by atoms with van der Waals surface area (Å²) >= 11 is 0. The van der Waals surface area contributed by atoms with E-state index in [2.05, 4.69) is 17.2 Å². The molecule has 0 bridgehead atoms. The zero-order chi connectivity index (χ0) is 13.0. The second kappa shape index (κ2) is 5.84. The number of hydrogen-bond donors (Lipinski definition) is 1. The number of sulfone groups is 1. The molecule has 1 saturated heterocycles. The number of aromatic nitrogens is 2. The maximum absolute atomic E-state index is 11.7. The second-order valence-corrected chi connectivity index (χ2v) is 7.11. The topological polar surface area (TPSA) is 64.0 Å². The fraction of sp³-hybridized carbons (Fsp3) is 0.750. The normalized spacial score (nSPS) is 23.1. The molecule has 1 aromatic heterocycles. The molecule has 0 aliphatic carbocycles. The molecule has 0 aromatic carbocycles. The molecular weight excluding hydrogens is 250 g/mol. The van der Waals surface area contributed by atoms with Crippen LogP contribution in [0.3, 0.4) is 0 Å². The average molecular weight is 271 g/mol. The van der Waals surface area contributed by atoms with Crippen molar-refractivity contribution in [3.05, 3.63) is 18.2 Å². The summed E-state index contributed by atoms with van der Waals surface area (Å²) in [7, 11) is -2.87. The highest BCUT2D eigenvalue weighted by Crippen LogP contribution is 2.24. The SMILES string of the molecule is CCCNCc1cncn1C1CCCS(=O)(=O)C1. The Morgan fingerprint density at radius 3 is 3.11 bits per heavy atom. The van der Waals surface area contributed by atoms with Crippen LogP contribution in [0, 0.1) is 0 Å². The Labute approximate surface area is 109 Å². The molecule has 6 heteroatoms. The van der Waals surface area contributed by atoms with Crippen LogP contribution in [0.25, 0.3) is 0 Å². The van der Waals surface area contributed by atoms with E-state index in [0.29, 0.717) is 5.75 Å². The van der Waals surface area contributed by atoms with Gasteiger partial charge >= 0.3 is 0 Å². The van der Waals surface area contributed by atoms with Gasteiger partial charge in [0.25, 0.3) is 0 Å². The molecule has 18 heavy (non-hydrogen) atoms. The van der Waals surface area contributed by atoms with Crippen LogP contribution in [-0.2, 0) is 16.4 Å². The monoisotopic (exact) mass is 271 g/mol. The van der Waals surface area contributed by atoms with E-state index in [1.165, 1.54) is 0 Å². The fourth-order valence-electron chi connectivity index (χ4n) is 2.41. The highest BCUT2D eigenvalue weighted by atomic mass is 32.2. The maximum Gasteiger partial charge on any atom is 0.152 e. The Balaban J connectivity index is 2.06. The van der Waals surface area contributed by atoms with Gasteiger partial charge in [-0.25, -0.2) is 13.4 Å². The molecule has 1 fully saturated rings. The van der Waals surface area contributed by atoms with E-state index in [9.17, 15) is 8.42 Å². The van der Waals surface area contributed by atoms with Crippen molar-refractivity contribution >= 4 is 9.84 Å². The summed E-state index contributed by atoms with van der Waals surface area (Å²) in [6, 6.07) is 0.0599. The molecule has 2 heterocycles. The minimum absolute atomic E-state index is 0.0599. The summed E-state index contributed by atoms with van der Waals surface area (Å²) < 4.78 is 25.4. The largest absolute Gasteiger partial charge is 0.329 e. The van der Waals surface area contributed by atoms with Crippen LogP contribution in [0.15, 0.2) is 12.5 Å². The van der Waals surface area contributed by atoms with E-state index in [-0.39, 0.29) is 11.8 Å². The van der Waals surface area contributed by atoms with Crippen molar-refractivity contribution in [1.82, 2.24) is 14.9 Å². The van der Waals surface area contributed by atoms with Gasteiger partial charge in [0.05, 0.1) is 23.5 Å². The number of rotatable bonds is 5. The predicted octanol–water partition coefficient (Wildman–Crippen LogP) is 1.13. The van der Waals surface area contributed by atoms with Crippen molar-refractivity contribution in [3.8, 4) is 0 Å². The van der Waals surface area contributed by atoms with E-state index in [1.54, 1.807) is 6.33 Å². The second-order valence-electron chi connectivity index (χ2n) is 4.88. The number of imidazole rings is 1. The Bertz CT molecular complexity index is 481. The first kappa shape index (κ1) is 13.5. The standard InChI is InChI=1S/C12H21N3O2S/c1-2-5-13-7-12-8-14-10-15(12)11-4-3-6-18(16,17)9-11/h8,10-11,13H,2-7,9H2,1H3. The summed E-state index contributed by atoms with van der Waals surface area (Å²) in [6.45, 7) is 3.84. The van der Waals surface area contributed by atoms with E-state index in [4.69, 9.17) is 0 Å². The molecule has 1 atom stereocenters. The third-order valence-electron chi connectivity index (χ3n) is 3.31. The van der Waals surface area contributed by atoms with Crippen molar-refractivity contribution in [2.45, 2.75) is 38.8 Å². The van der Waals surface area contributed by atoms with Crippen LogP contribution in [0.5, 0.6) is 0 Å². The zero-order valence-electron chi connectivity index (χ0n) is 10.8. The van der Waals surface area contributed by atoms with Crippen LogP contribution < -0.4 is 5.32 Å². The number of hydrogen-bond acceptors (Lipinski definition) is 4. The lowest BCUT2D eigenvalue weighted by molar-refractivity contribution is 0.454. The van der Waals surface area contributed by atoms with Crippen LogP contribution in [0.1, 0.15) is 37.9 Å². The van der Waals surface area contributed by atoms with E-state index in [1.807, 2.05) is 10.8 Å². The molecule has 1 aliphatic rings. The Morgan fingerprint density at radius 2 is 2.39 bits per heavy atom. The quantitative estimate of drug-likeness (QED) is 0.816. The molecule has 0 spiro atoms. The summed E-state index contributed by atoms with van der Waals surface area (Å²) in [6.07, 6.45) is 6.35. The zero-order valence-corrected chi connectivity index (χ0v) is 11.6. The predicted molar refractivity (Wildman–Crippen MR) is 71.1 cm³/mol. The van der Waals surface area contributed by atoms with Gasteiger partial charge in [-0.2, -0.15) is 0 Å². The summed E-state index contributed by atoms with van der Waals surface area (Å²) in [5, 5.41) is 3.33. The van der Waals surface area contributed by atoms with Gasteiger partial charge in [0.2, 0.25) is 0 Å². The van der Waals surface area contributed by atoms with E-state index in [0.717, 1.165) is 38.0 Å². The third kappa shape index (κ3) is 3.32. The number of nitrogens with zero attached hydrogens (tertiary/aromatic N) is 2. The highest BCUT2D eigenvalue weighted by Gasteiger charge is 2.26. The molecule has 5 nitrogen and oxygen atoms in total. The minimum atomic E-state index is -2.87. The van der Waals surface area contributed by atoms with Crippen LogP contribution in [0.4, 0.5) is 0 Å². The summed E-state index contributed by atoms with van der Waals surface area (Å²) in [5.74, 6) is 0.589. The van der Waals surface area contributed by atoms with Crippen LogP contribution >= 0.6 is 0 Å². The van der Waals surface area contributed by atoms with Gasteiger partial charge in [-0.3, -0.25) is 0 Å². The van der Waals surface area contributed by atoms with Gasteiger partial charge in [-0.05, 0) is 25.8 Å². The smallest absolute Gasteiger partial charge is 0.152 e. The molecular formula is C12H21N3O2S. The molecule has 0 amide bonds. The van der Waals surface area contributed by atoms with Gasteiger partial charge in [0, 0.05) is 18.8 Å². The van der Waals surface area contributed by atoms with Crippen molar-refractivity contribution in [2.24, 2.45) is 0 Å². The van der Waals surface area contributed by atoms with Crippen molar-refractivity contribution in [3.63, 3.8) is 0 Å². The van der Waals surface area contributed by atoms with Crippen LogP contribution in [-0.4, -0.2) is 36.0 Å². The van der Waals surface area contributed by atoms with Crippen LogP contribution in [0.2, 0.25) is 0 Å². The number of nitrogens with one attached hydrogen (secondary N) is 1. The Hall–Kier alpha value is -0.880. The summed E-state index contributed by atoms with van der Waals surface area (Å²) in [4.78, 5) is 4.15. The average Bonchev–Trinajstić information content (AvgIpc) is 2.76. The fourth-order valence-corrected chi connectivity index (χ4v) is 4.10. The highest BCUT2D eigenvalue weighted by molar-refractivity contribution is 7.91. The third-order valence-corrected chi connectivity index (χ3v) is 5.11. The first-order chi connectivity index (χ1) is 8.62. The molecule has 1 unspecified atom stereocenters. The van der Waals surface area contributed by atoms with Gasteiger partial charge in [-0.1, -0.05) is 6.92 Å². The van der Waals surface area contributed by atoms with Crippen molar-refractivity contribution in [2.75, 3.05) is 18.1 Å². The Kier molecular flexibility index (Phi) is 4.40. The lowest BCUT2D eigenvalue weighted by atomic mass is 10.2. The summed E-state index contributed by atoms with van der Waals surface area (Å²) in [5.41, 5.74) is 1.07. The minimum Gasteiger partial charge on any atom is -0.329 e. The molecule has 2 rings (SSSR count). The molecule has 1 aliphatic heterocycles.